The molecule has 1 N–H and O–H groups in total. The minimum Gasteiger partial charge on any atom is -0.487 e. The standard InChI is InChI=1S/C40H52ClF2N3O6/c1-44-17-5-4-8-35(51-22-21-45-19-15-39(42,43)16-20-45)33-13-10-29(33)26-46-18-6-3-7-28-23-32(41)12-9-30(28)27-52-36-14-11-31(24-34(36)46)40(49,25-37(44)47)38(48)50-2/h4,8-9,11-12,14,23-24,29,33,35,49H,3,5-7,10,13,15-22,25-27H2,1-2H3/b8-4+/t29-,33+,35-,40+/m0/s1. The van der Waals surface area contributed by atoms with Crippen molar-refractivity contribution in [3.05, 3.63) is 70.3 Å². The molecule has 284 valence electrons. The Bertz CT molecular complexity index is 1600. The second kappa shape index (κ2) is 16.8. The Hall–Kier alpha value is -3.25. The average molecular weight is 744 g/mol. The molecule has 0 radical (unpaired) electrons. The molecule has 2 aromatic rings. The van der Waals surface area contributed by atoms with Crippen molar-refractivity contribution in [2.45, 2.75) is 82.0 Å². The van der Waals surface area contributed by atoms with Crippen LogP contribution in [0.3, 0.4) is 0 Å². The van der Waals surface area contributed by atoms with Gasteiger partial charge < -0.3 is 34.0 Å². The number of anilines is 1. The quantitative estimate of drug-likeness (QED) is 0.279. The highest BCUT2D eigenvalue weighted by Gasteiger charge is 2.44. The number of esters is 1. The molecule has 6 rings (SSSR count). The summed E-state index contributed by atoms with van der Waals surface area (Å²) >= 11 is 6.38. The zero-order valence-corrected chi connectivity index (χ0v) is 31.1. The van der Waals surface area contributed by atoms with Crippen molar-refractivity contribution in [2.75, 3.05) is 64.9 Å². The molecular weight excluding hydrogens is 692 g/mol. The van der Waals surface area contributed by atoms with E-state index in [1.807, 2.05) is 24.3 Å². The van der Waals surface area contributed by atoms with Gasteiger partial charge in [-0.25, -0.2) is 13.6 Å². The van der Waals surface area contributed by atoms with E-state index in [0.29, 0.717) is 69.7 Å². The van der Waals surface area contributed by atoms with Crippen LogP contribution in [0.2, 0.25) is 5.02 Å². The summed E-state index contributed by atoms with van der Waals surface area (Å²) in [5.74, 6) is -2.75. The third-order valence-corrected chi connectivity index (χ3v) is 11.7. The maximum atomic E-state index is 13.8. The van der Waals surface area contributed by atoms with Gasteiger partial charge in [-0.05, 0) is 91.3 Å². The number of hydrogen-bond acceptors (Lipinski definition) is 8. The minimum absolute atomic E-state index is 0.118. The zero-order valence-electron chi connectivity index (χ0n) is 30.3. The number of methoxy groups -OCH3 is 1. The third kappa shape index (κ3) is 9.09. The lowest BCUT2D eigenvalue weighted by Crippen LogP contribution is -2.45. The van der Waals surface area contributed by atoms with Gasteiger partial charge in [0.2, 0.25) is 5.91 Å². The summed E-state index contributed by atoms with van der Waals surface area (Å²) in [5.41, 5.74) is 1.00. The predicted octanol–water partition coefficient (Wildman–Crippen LogP) is 6.37. The van der Waals surface area contributed by atoms with Crippen molar-refractivity contribution in [3.63, 3.8) is 0 Å². The van der Waals surface area contributed by atoms with E-state index in [1.54, 1.807) is 25.2 Å². The summed E-state index contributed by atoms with van der Waals surface area (Å²) < 4.78 is 45.7. The lowest BCUT2D eigenvalue weighted by Gasteiger charge is -2.44. The molecule has 4 aliphatic rings. The van der Waals surface area contributed by atoms with E-state index in [1.165, 1.54) is 12.0 Å². The molecule has 52 heavy (non-hydrogen) atoms. The highest BCUT2D eigenvalue weighted by Crippen LogP contribution is 2.43. The number of ether oxygens (including phenoxy) is 3. The summed E-state index contributed by atoms with van der Waals surface area (Å²) in [6.45, 7) is 3.89. The number of benzene rings is 2. The second-order valence-electron chi connectivity index (χ2n) is 14.9. The number of aliphatic hydroxyl groups is 1. The van der Waals surface area contributed by atoms with Crippen molar-refractivity contribution in [2.24, 2.45) is 11.8 Å². The number of carbonyl (C=O) groups excluding carboxylic acids is 2. The Kier molecular flexibility index (Phi) is 12.5. The van der Waals surface area contributed by atoms with Gasteiger partial charge in [0, 0.05) is 64.2 Å². The number of aryl methyl sites for hydroxylation is 1. The first kappa shape index (κ1) is 38.5. The summed E-state index contributed by atoms with van der Waals surface area (Å²) in [6, 6.07) is 11.1. The van der Waals surface area contributed by atoms with E-state index < -0.39 is 29.8 Å². The number of fused-ring (bicyclic) bond motifs is 3. The molecule has 4 atom stereocenters. The number of alkyl halides is 2. The normalized spacial score (nSPS) is 28.0. The molecular formula is C40H52ClF2N3O6. The van der Waals surface area contributed by atoms with E-state index in [0.717, 1.165) is 48.9 Å². The fourth-order valence-corrected chi connectivity index (χ4v) is 8.11. The first-order valence-electron chi connectivity index (χ1n) is 18.7. The van der Waals surface area contributed by atoms with E-state index in [-0.39, 0.29) is 36.3 Å². The lowest BCUT2D eigenvalue weighted by atomic mass is 9.70. The van der Waals surface area contributed by atoms with Crippen LogP contribution < -0.4 is 9.64 Å². The molecule has 2 fully saturated rings. The molecule has 1 saturated carbocycles. The van der Waals surface area contributed by atoms with Crippen molar-refractivity contribution in [1.82, 2.24) is 9.80 Å². The zero-order chi connectivity index (χ0) is 36.9. The lowest BCUT2D eigenvalue weighted by molar-refractivity contribution is -0.168. The Balaban J connectivity index is 1.32. The van der Waals surface area contributed by atoms with Crippen LogP contribution >= 0.6 is 11.6 Å². The summed E-state index contributed by atoms with van der Waals surface area (Å²) in [5, 5.41) is 12.7. The molecule has 0 spiro atoms. The number of rotatable bonds is 5. The van der Waals surface area contributed by atoms with Gasteiger partial charge in [-0.2, -0.15) is 0 Å². The highest BCUT2D eigenvalue weighted by atomic mass is 35.5. The second-order valence-corrected chi connectivity index (χ2v) is 15.3. The van der Waals surface area contributed by atoms with Crippen molar-refractivity contribution >= 4 is 29.2 Å². The van der Waals surface area contributed by atoms with Gasteiger partial charge >= 0.3 is 5.97 Å². The summed E-state index contributed by atoms with van der Waals surface area (Å²) in [4.78, 5) is 32.6. The fraction of sp³-hybridized carbons (Fsp3) is 0.600. The highest BCUT2D eigenvalue weighted by molar-refractivity contribution is 6.30. The van der Waals surface area contributed by atoms with Gasteiger partial charge in [0.1, 0.15) is 12.4 Å². The van der Waals surface area contributed by atoms with Crippen LogP contribution in [-0.4, -0.2) is 98.8 Å². The molecule has 1 saturated heterocycles. The van der Waals surface area contributed by atoms with Crippen molar-refractivity contribution in [1.29, 1.82) is 0 Å². The van der Waals surface area contributed by atoms with Crippen LogP contribution in [-0.2, 0) is 37.7 Å². The smallest absolute Gasteiger partial charge is 0.343 e. The molecule has 0 unspecified atom stereocenters. The number of amides is 1. The number of nitrogens with zero attached hydrogens (tertiary/aromatic N) is 3. The number of piperidine rings is 1. The van der Waals surface area contributed by atoms with E-state index in [4.69, 9.17) is 25.8 Å². The minimum atomic E-state index is -2.58. The maximum absolute atomic E-state index is 13.8. The van der Waals surface area contributed by atoms with E-state index in [9.17, 15) is 23.5 Å². The molecule has 3 heterocycles. The van der Waals surface area contributed by atoms with Crippen LogP contribution in [0, 0.1) is 11.8 Å². The molecule has 2 aromatic carbocycles. The Morgan fingerprint density at radius 2 is 1.87 bits per heavy atom. The molecule has 2 bridgehead atoms. The number of halogens is 3. The van der Waals surface area contributed by atoms with Crippen LogP contribution in [0.5, 0.6) is 5.75 Å². The van der Waals surface area contributed by atoms with Crippen molar-refractivity contribution in [3.8, 4) is 5.75 Å². The van der Waals surface area contributed by atoms with Gasteiger partial charge in [-0.3, -0.25) is 4.79 Å². The third-order valence-electron chi connectivity index (χ3n) is 11.4. The average Bonchev–Trinajstić information content (AvgIpc) is 3.14. The van der Waals surface area contributed by atoms with Gasteiger partial charge in [0.25, 0.3) is 5.92 Å². The maximum Gasteiger partial charge on any atom is 0.343 e. The predicted molar refractivity (Wildman–Crippen MR) is 196 cm³/mol. The van der Waals surface area contributed by atoms with Gasteiger partial charge in [-0.1, -0.05) is 35.9 Å². The molecule has 12 heteroatoms. The first-order valence-corrected chi connectivity index (χ1v) is 19.1. The Morgan fingerprint density at radius 3 is 2.62 bits per heavy atom. The monoisotopic (exact) mass is 743 g/mol. The number of carbonyl (C=O) groups is 2. The van der Waals surface area contributed by atoms with Crippen LogP contribution in [0.25, 0.3) is 0 Å². The van der Waals surface area contributed by atoms with E-state index in [2.05, 4.69) is 15.9 Å². The molecule has 9 nitrogen and oxygen atoms in total. The van der Waals surface area contributed by atoms with Gasteiger partial charge in [0.15, 0.2) is 5.60 Å². The summed E-state index contributed by atoms with van der Waals surface area (Å²) in [7, 11) is 2.87. The number of hydrogen-bond donors (Lipinski definition) is 1. The SMILES string of the molecule is COC(=O)[C@@]1(O)CC(=O)N(C)CC/C=C/[C@H](OCCN2CCC(F)(F)CC2)[C@@H]2CC[C@H]2CN2CCCCc3cc(Cl)ccc3COc3ccc1cc32. The first-order chi connectivity index (χ1) is 25.0. The number of likely N-dealkylation sites (tertiary alicyclic amines) is 1. The molecule has 1 amide bonds. The summed E-state index contributed by atoms with van der Waals surface area (Å²) in [6.07, 6.45) is 8.49. The van der Waals surface area contributed by atoms with Crippen LogP contribution in [0.1, 0.15) is 68.1 Å². The van der Waals surface area contributed by atoms with E-state index >= 15 is 0 Å². The largest absolute Gasteiger partial charge is 0.487 e. The Morgan fingerprint density at radius 1 is 1.06 bits per heavy atom. The molecule has 3 aliphatic heterocycles. The fourth-order valence-electron chi connectivity index (χ4n) is 7.91. The van der Waals surface area contributed by atoms with Gasteiger partial charge in [-0.15, -0.1) is 0 Å². The van der Waals surface area contributed by atoms with Crippen LogP contribution in [0.15, 0.2) is 48.6 Å². The Labute approximate surface area is 310 Å². The molecule has 0 aromatic heterocycles. The molecule has 1 aliphatic carbocycles. The van der Waals surface area contributed by atoms with Crippen LogP contribution in [0.4, 0.5) is 14.5 Å². The van der Waals surface area contributed by atoms with Gasteiger partial charge in [0.05, 0.1) is 31.9 Å². The van der Waals surface area contributed by atoms with Crippen molar-refractivity contribution < 1.29 is 37.7 Å². The topological polar surface area (TPSA) is 91.8 Å².